The number of nitrogens with zero attached hydrogens (tertiary/aromatic N) is 2. The van der Waals surface area contributed by atoms with Crippen molar-refractivity contribution in [3.8, 4) is 11.4 Å². The Hall–Kier alpha value is -2.58. The van der Waals surface area contributed by atoms with E-state index >= 15 is 0 Å². The lowest BCUT2D eigenvalue weighted by Gasteiger charge is -2.08. The smallest absolute Gasteiger partial charge is 0.257 e. The zero-order chi connectivity index (χ0) is 18.7. The number of hydrogen-bond acceptors (Lipinski definition) is 6. The Bertz CT molecular complexity index is 1010. The number of amides is 1. The highest BCUT2D eigenvalue weighted by Crippen LogP contribution is 2.24. The number of anilines is 1. The van der Waals surface area contributed by atoms with Crippen molar-refractivity contribution in [1.29, 1.82) is 0 Å². The van der Waals surface area contributed by atoms with Crippen molar-refractivity contribution in [3.05, 3.63) is 59.6 Å². The molecule has 0 bridgehead atoms. The van der Waals surface area contributed by atoms with Crippen molar-refractivity contribution in [2.75, 3.05) is 5.32 Å². The summed E-state index contributed by atoms with van der Waals surface area (Å²) < 4.78 is 24.3. The lowest BCUT2D eigenvalue weighted by Crippen LogP contribution is -2.15. The highest BCUT2D eigenvalue weighted by molar-refractivity contribution is 7.92. The Kier molecular flexibility index (Phi) is 5.15. The van der Waals surface area contributed by atoms with Gasteiger partial charge in [0.2, 0.25) is 0 Å². The van der Waals surface area contributed by atoms with E-state index in [1.807, 2.05) is 23.6 Å². The summed E-state index contributed by atoms with van der Waals surface area (Å²) in [6.07, 6.45) is 1.68. The summed E-state index contributed by atoms with van der Waals surface area (Å²) >= 11 is 1.30. The first-order valence-electron chi connectivity index (χ1n) is 7.90. The second-order valence-corrected chi connectivity index (χ2v) is 9.19. The molecule has 0 spiro atoms. The summed E-state index contributed by atoms with van der Waals surface area (Å²) in [5.41, 5.74) is 1.78. The number of carbonyl (C=O) groups is 1. The topological polar surface area (TPSA) is 89.0 Å². The molecule has 0 fully saturated rings. The number of benzene rings is 1. The first kappa shape index (κ1) is 18.2. The van der Waals surface area contributed by atoms with Crippen LogP contribution in [0, 0.1) is 0 Å². The van der Waals surface area contributed by atoms with Gasteiger partial charge in [-0.25, -0.2) is 13.4 Å². The minimum absolute atomic E-state index is 0.204. The van der Waals surface area contributed by atoms with Gasteiger partial charge in [-0.1, -0.05) is 6.07 Å². The zero-order valence-electron chi connectivity index (χ0n) is 14.2. The van der Waals surface area contributed by atoms with Gasteiger partial charge in [0.15, 0.2) is 15.0 Å². The fraction of sp³-hybridized carbons (Fsp3) is 0.167. The number of nitrogens with one attached hydrogen (secondary N) is 1. The summed E-state index contributed by atoms with van der Waals surface area (Å²) in [4.78, 5) is 21.1. The van der Waals surface area contributed by atoms with E-state index in [0.717, 1.165) is 5.69 Å². The number of pyridine rings is 1. The zero-order valence-corrected chi connectivity index (χ0v) is 15.8. The van der Waals surface area contributed by atoms with Gasteiger partial charge in [-0.15, -0.1) is 11.3 Å². The molecular formula is C18H17N3O3S2. The monoisotopic (exact) mass is 387 g/mol. The molecule has 1 amide bonds. The third-order valence-electron chi connectivity index (χ3n) is 3.72. The van der Waals surface area contributed by atoms with Gasteiger partial charge in [0, 0.05) is 17.1 Å². The van der Waals surface area contributed by atoms with Gasteiger partial charge in [-0.05, 0) is 50.2 Å². The van der Waals surface area contributed by atoms with Crippen LogP contribution < -0.4 is 5.32 Å². The third-order valence-corrected chi connectivity index (χ3v) is 6.65. The van der Waals surface area contributed by atoms with E-state index in [-0.39, 0.29) is 10.8 Å². The van der Waals surface area contributed by atoms with E-state index < -0.39 is 15.1 Å². The average molecular weight is 387 g/mol. The molecule has 8 heteroatoms. The van der Waals surface area contributed by atoms with Crippen LogP contribution in [0.2, 0.25) is 0 Å². The second-order valence-electron chi connectivity index (χ2n) is 5.83. The van der Waals surface area contributed by atoms with Crippen molar-refractivity contribution >= 4 is 32.2 Å². The van der Waals surface area contributed by atoms with Crippen molar-refractivity contribution in [1.82, 2.24) is 9.97 Å². The maximum absolute atomic E-state index is 12.3. The molecule has 0 atom stereocenters. The van der Waals surface area contributed by atoms with Crippen LogP contribution in [-0.4, -0.2) is 29.5 Å². The molecule has 0 saturated carbocycles. The first-order chi connectivity index (χ1) is 12.4. The summed E-state index contributed by atoms with van der Waals surface area (Å²) in [7, 11) is -3.35. The Morgan fingerprint density at radius 2 is 1.81 bits per heavy atom. The SMILES string of the molecule is CC(C)S(=O)(=O)c1ccc(C(=O)Nc2nc(-c3ccccn3)cs2)cc1. The minimum Gasteiger partial charge on any atom is -0.298 e. The number of hydrogen-bond donors (Lipinski definition) is 1. The lowest BCUT2D eigenvalue weighted by molar-refractivity contribution is 0.102. The van der Waals surface area contributed by atoms with E-state index in [0.29, 0.717) is 16.4 Å². The van der Waals surface area contributed by atoms with Gasteiger partial charge >= 0.3 is 0 Å². The summed E-state index contributed by atoms with van der Waals surface area (Å²) in [5, 5.41) is 4.48. The number of aromatic nitrogens is 2. The number of sulfone groups is 1. The van der Waals surface area contributed by atoms with Gasteiger partial charge in [0.1, 0.15) is 5.69 Å². The van der Waals surface area contributed by atoms with Gasteiger partial charge in [0.05, 0.1) is 15.8 Å². The van der Waals surface area contributed by atoms with Crippen molar-refractivity contribution < 1.29 is 13.2 Å². The van der Waals surface area contributed by atoms with Crippen molar-refractivity contribution in [3.63, 3.8) is 0 Å². The molecule has 6 nitrogen and oxygen atoms in total. The molecule has 0 saturated heterocycles. The Morgan fingerprint density at radius 1 is 1.08 bits per heavy atom. The second kappa shape index (κ2) is 7.35. The van der Waals surface area contributed by atoms with Crippen molar-refractivity contribution in [2.24, 2.45) is 0 Å². The maximum atomic E-state index is 12.3. The molecule has 0 radical (unpaired) electrons. The summed E-state index contributed by atoms with van der Waals surface area (Å²) in [6.45, 7) is 3.25. The molecule has 1 N–H and O–H groups in total. The molecule has 0 aliphatic heterocycles. The summed E-state index contributed by atoms with van der Waals surface area (Å²) in [5.74, 6) is -0.347. The van der Waals surface area contributed by atoms with Crippen LogP contribution in [0.4, 0.5) is 5.13 Å². The van der Waals surface area contributed by atoms with Gasteiger partial charge in [0.25, 0.3) is 5.91 Å². The molecule has 3 aromatic rings. The Balaban J connectivity index is 1.74. The molecule has 1 aromatic carbocycles. The van der Waals surface area contributed by atoms with E-state index in [9.17, 15) is 13.2 Å². The largest absolute Gasteiger partial charge is 0.298 e. The molecule has 0 aliphatic rings. The molecular weight excluding hydrogens is 370 g/mol. The van der Waals surface area contributed by atoms with Crippen LogP contribution in [0.25, 0.3) is 11.4 Å². The van der Waals surface area contributed by atoms with Crippen molar-refractivity contribution in [2.45, 2.75) is 24.0 Å². The molecule has 2 heterocycles. The quantitative estimate of drug-likeness (QED) is 0.722. The van der Waals surface area contributed by atoms with Crippen LogP contribution in [0.1, 0.15) is 24.2 Å². The normalized spacial score (nSPS) is 11.5. The van der Waals surface area contributed by atoms with Crippen LogP contribution in [0.3, 0.4) is 0 Å². The standard InChI is InChI=1S/C18H17N3O3S2/c1-12(2)26(23,24)14-8-6-13(7-9-14)17(22)21-18-20-16(11-25-18)15-5-3-4-10-19-15/h3-12H,1-2H3,(H,20,21,22). The predicted molar refractivity (Wildman–Crippen MR) is 102 cm³/mol. The third kappa shape index (κ3) is 3.81. The van der Waals surface area contributed by atoms with E-state index in [1.54, 1.807) is 20.0 Å². The van der Waals surface area contributed by atoms with Crippen LogP contribution in [0.15, 0.2) is 58.9 Å². The lowest BCUT2D eigenvalue weighted by atomic mass is 10.2. The number of carbonyl (C=O) groups excluding carboxylic acids is 1. The van der Waals surface area contributed by atoms with Gasteiger partial charge in [-0.3, -0.25) is 15.1 Å². The maximum Gasteiger partial charge on any atom is 0.257 e. The summed E-state index contributed by atoms with van der Waals surface area (Å²) in [6, 6.07) is 11.4. The molecule has 134 valence electrons. The predicted octanol–water partition coefficient (Wildman–Crippen LogP) is 3.64. The molecule has 0 unspecified atom stereocenters. The molecule has 0 aliphatic carbocycles. The highest BCUT2D eigenvalue weighted by atomic mass is 32.2. The van der Waals surface area contributed by atoms with Gasteiger partial charge in [-0.2, -0.15) is 0 Å². The fourth-order valence-electron chi connectivity index (χ4n) is 2.20. The first-order valence-corrected chi connectivity index (χ1v) is 10.3. The highest BCUT2D eigenvalue weighted by Gasteiger charge is 2.19. The van der Waals surface area contributed by atoms with Crippen LogP contribution in [0.5, 0.6) is 0 Å². The molecule has 2 aromatic heterocycles. The molecule has 26 heavy (non-hydrogen) atoms. The van der Waals surface area contributed by atoms with E-state index in [4.69, 9.17) is 0 Å². The van der Waals surface area contributed by atoms with Crippen LogP contribution >= 0.6 is 11.3 Å². The van der Waals surface area contributed by atoms with Crippen LogP contribution in [-0.2, 0) is 9.84 Å². The van der Waals surface area contributed by atoms with E-state index in [1.165, 1.54) is 35.6 Å². The number of thiazole rings is 1. The van der Waals surface area contributed by atoms with Gasteiger partial charge < -0.3 is 0 Å². The minimum atomic E-state index is -3.35. The average Bonchev–Trinajstić information content (AvgIpc) is 3.11. The fourth-order valence-corrected chi connectivity index (χ4v) is 3.96. The molecule has 3 rings (SSSR count). The van der Waals surface area contributed by atoms with E-state index in [2.05, 4.69) is 15.3 Å². The Morgan fingerprint density at radius 3 is 2.42 bits per heavy atom. The Labute approximate surface area is 155 Å². The number of rotatable bonds is 5.